The van der Waals surface area contributed by atoms with Crippen LogP contribution in [0.25, 0.3) is 0 Å². The average molecular weight is 223 g/mol. The van der Waals surface area contributed by atoms with Crippen LogP contribution in [0.15, 0.2) is 0 Å². The largest absolute Gasteiger partial charge is 0.337 e. The van der Waals surface area contributed by atoms with E-state index in [1.54, 1.807) is 0 Å². The van der Waals surface area contributed by atoms with Crippen molar-refractivity contribution in [3.05, 3.63) is 6.42 Å². The molecule has 15 heavy (non-hydrogen) atoms. The second-order valence-electron chi connectivity index (χ2n) is 5.06. The van der Waals surface area contributed by atoms with Crippen molar-refractivity contribution in [1.82, 2.24) is 4.90 Å². The number of hydrogen-bond donors (Lipinski definition) is 0. The third-order valence-corrected chi connectivity index (χ3v) is 3.09. The van der Waals surface area contributed by atoms with E-state index in [0.29, 0.717) is 18.0 Å². The fraction of sp³-hybridized carbons (Fsp3) is 0.833. The molecule has 0 bridgehead atoms. The summed E-state index contributed by atoms with van der Waals surface area (Å²) in [6.45, 7) is 10.4. The van der Waals surface area contributed by atoms with E-state index in [2.05, 4.69) is 41.0 Å². The van der Waals surface area contributed by atoms with Crippen molar-refractivity contribution in [2.45, 2.75) is 59.5 Å². The molecule has 0 heterocycles. The molecule has 85 valence electrons. The van der Waals surface area contributed by atoms with E-state index in [1.807, 2.05) is 4.90 Å². The van der Waals surface area contributed by atoms with Crippen LogP contribution < -0.4 is 0 Å². The predicted octanol–water partition coefficient (Wildman–Crippen LogP) is 2.50. The molecule has 1 saturated carbocycles. The zero-order valence-electron chi connectivity index (χ0n) is 10.7. The van der Waals surface area contributed by atoms with E-state index < -0.39 is 0 Å². The molecule has 3 heteroatoms. The van der Waals surface area contributed by atoms with E-state index >= 15 is 0 Å². The third-order valence-electron chi connectivity index (χ3n) is 3.09. The lowest BCUT2D eigenvalue weighted by molar-refractivity contribution is -0.146. The summed E-state index contributed by atoms with van der Waals surface area (Å²) in [4.78, 5) is 14.2. The van der Waals surface area contributed by atoms with Crippen LogP contribution in [-0.2, 0) is 4.79 Å². The summed E-state index contributed by atoms with van der Waals surface area (Å²) < 4.78 is 0. The van der Waals surface area contributed by atoms with Crippen LogP contribution in [0.4, 0.5) is 0 Å². The van der Waals surface area contributed by atoms with Gasteiger partial charge < -0.3 is 4.90 Å². The molecule has 1 aliphatic rings. The summed E-state index contributed by atoms with van der Waals surface area (Å²) in [5.41, 5.74) is -0.172. The molecule has 1 aliphatic carbocycles. The van der Waals surface area contributed by atoms with E-state index in [4.69, 9.17) is 0 Å². The molecule has 2 nitrogen and oxygen atoms in total. The maximum Gasteiger partial charge on any atom is 0.229 e. The maximum absolute atomic E-state index is 12.2. The normalized spacial score (nSPS) is 18.3. The van der Waals surface area contributed by atoms with Gasteiger partial charge in [0.1, 0.15) is 0 Å². The summed E-state index contributed by atoms with van der Waals surface area (Å²) in [7, 11) is 0. The highest BCUT2D eigenvalue weighted by atomic mass is 24.3. The minimum Gasteiger partial charge on any atom is -0.337 e. The first kappa shape index (κ1) is 15.2. The third kappa shape index (κ3) is 3.10. The number of carbonyl (C=O) groups excluding carboxylic acids is 1. The number of amides is 1. The molecule has 1 atom stereocenters. The van der Waals surface area contributed by atoms with Crippen molar-refractivity contribution in [2.24, 2.45) is 5.41 Å². The van der Waals surface area contributed by atoms with Gasteiger partial charge in [0.25, 0.3) is 0 Å². The first-order chi connectivity index (χ1) is 6.38. The lowest BCUT2D eigenvalue weighted by Gasteiger charge is -2.43. The van der Waals surface area contributed by atoms with Crippen molar-refractivity contribution in [3.63, 3.8) is 0 Å². The van der Waals surface area contributed by atoms with E-state index in [1.165, 1.54) is 0 Å². The summed E-state index contributed by atoms with van der Waals surface area (Å²) in [5, 5.41) is 0. The van der Waals surface area contributed by atoms with Gasteiger partial charge in [-0.2, -0.15) is 0 Å². The zero-order chi connectivity index (χ0) is 10.9. The molecule has 1 amide bonds. The zero-order valence-corrected chi connectivity index (χ0v) is 12.1. The van der Waals surface area contributed by atoms with Gasteiger partial charge in [0, 0.05) is 42.0 Å². The van der Waals surface area contributed by atoms with Gasteiger partial charge in [0.2, 0.25) is 5.91 Å². The minimum absolute atomic E-state index is 0. The minimum atomic E-state index is -0.172. The van der Waals surface area contributed by atoms with Crippen LogP contribution in [0.5, 0.6) is 0 Å². The van der Waals surface area contributed by atoms with Crippen molar-refractivity contribution in [1.29, 1.82) is 0 Å². The molecule has 1 fully saturated rings. The van der Waals surface area contributed by atoms with Gasteiger partial charge in [-0.3, -0.25) is 4.79 Å². The Morgan fingerprint density at radius 1 is 1.33 bits per heavy atom. The fourth-order valence-corrected chi connectivity index (χ4v) is 2.13. The van der Waals surface area contributed by atoms with E-state index in [9.17, 15) is 4.79 Å². The maximum atomic E-state index is 12.2. The molecule has 0 aromatic rings. The van der Waals surface area contributed by atoms with Crippen LogP contribution in [0.2, 0.25) is 0 Å². The SMILES string of the molecule is CC(C)N(C(=O)[C@@]1(C)[CH]CC1)C(C)C.[HH].[Mg]. The van der Waals surface area contributed by atoms with Crippen LogP contribution in [0, 0.1) is 11.8 Å². The molecular weight excluding hydrogens is 198 g/mol. The molecule has 3 radical (unpaired) electrons. The molecular formula is C12H24MgNO. The van der Waals surface area contributed by atoms with Crippen molar-refractivity contribution < 1.29 is 6.22 Å². The van der Waals surface area contributed by atoms with E-state index in [-0.39, 0.29) is 29.9 Å². The second kappa shape index (κ2) is 5.53. The second-order valence-corrected chi connectivity index (χ2v) is 5.06. The highest BCUT2D eigenvalue weighted by Gasteiger charge is 2.43. The summed E-state index contributed by atoms with van der Waals surface area (Å²) in [6, 6.07) is 0.599. The topological polar surface area (TPSA) is 20.3 Å². The summed E-state index contributed by atoms with van der Waals surface area (Å²) in [5.74, 6) is 0.300. The van der Waals surface area contributed by atoms with Gasteiger partial charge in [-0.15, -0.1) is 0 Å². The quantitative estimate of drug-likeness (QED) is 0.672. The first-order valence-electron chi connectivity index (χ1n) is 5.55. The molecule has 0 saturated heterocycles. The molecule has 0 N–H and O–H groups in total. The molecule has 0 aromatic carbocycles. The van der Waals surface area contributed by atoms with Crippen molar-refractivity contribution in [2.75, 3.05) is 0 Å². The van der Waals surface area contributed by atoms with Gasteiger partial charge >= 0.3 is 0 Å². The Bertz CT molecular complexity index is 219. The highest BCUT2D eigenvalue weighted by Crippen LogP contribution is 2.41. The number of carbonyl (C=O) groups is 1. The Morgan fingerprint density at radius 2 is 1.73 bits per heavy atom. The number of nitrogens with zero attached hydrogens (tertiary/aromatic N) is 1. The van der Waals surface area contributed by atoms with E-state index in [0.717, 1.165) is 12.8 Å². The van der Waals surface area contributed by atoms with Gasteiger partial charge in [0.05, 0.1) is 0 Å². The van der Waals surface area contributed by atoms with Crippen LogP contribution in [0.1, 0.15) is 48.9 Å². The fourth-order valence-electron chi connectivity index (χ4n) is 2.13. The Morgan fingerprint density at radius 3 is 1.93 bits per heavy atom. The standard InChI is InChI=1S/C12H22NO.Mg.H2/c1-9(2)13(10(3)4)11(14)12(5)7-6-8-12;;/h7,9-10H,6,8H2,1-5H3;;1H/t12-;;/m0../s1. The summed E-state index contributed by atoms with van der Waals surface area (Å²) >= 11 is 0. The Hall–Kier alpha value is 0.236. The Kier molecular flexibility index (Phi) is 5.62. The Labute approximate surface area is 111 Å². The smallest absolute Gasteiger partial charge is 0.229 e. The van der Waals surface area contributed by atoms with Gasteiger partial charge in [-0.05, 0) is 47.0 Å². The number of rotatable bonds is 3. The first-order valence-corrected chi connectivity index (χ1v) is 5.55. The molecule has 1 rings (SSSR count). The van der Waals surface area contributed by atoms with Crippen LogP contribution >= 0.6 is 0 Å². The highest BCUT2D eigenvalue weighted by molar-refractivity contribution is 5.85. The average Bonchev–Trinajstić information content (AvgIpc) is 1.98. The molecule has 0 aliphatic heterocycles. The van der Waals surface area contributed by atoms with Crippen LogP contribution in [0.3, 0.4) is 0 Å². The summed E-state index contributed by atoms with van der Waals surface area (Å²) in [6.07, 6.45) is 4.25. The molecule has 0 aromatic heterocycles. The molecule has 0 spiro atoms. The predicted molar refractivity (Wildman–Crippen MR) is 66.6 cm³/mol. The van der Waals surface area contributed by atoms with Gasteiger partial charge in [0.15, 0.2) is 0 Å². The Balaban J connectivity index is 0. The van der Waals surface area contributed by atoms with Gasteiger partial charge in [-0.1, -0.05) is 6.92 Å². The monoisotopic (exact) mass is 222 g/mol. The lowest BCUT2D eigenvalue weighted by atomic mass is 9.69. The van der Waals surface area contributed by atoms with Crippen molar-refractivity contribution >= 4 is 29.0 Å². The molecule has 0 unspecified atom stereocenters. The lowest BCUT2D eigenvalue weighted by Crippen LogP contribution is -2.51. The number of hydrogen-bond acceptors (Lipinski definition) is 1. The van der Waals surface area contributed by atoms with Crippen molar-refractivity contribution in [3.8, 4) is 0 Å². The van der Waals surface area contributed by atoms with Crippen LogP contribution in [-0.4, -0.2) is 45.9 Å². The van der Waals surface area contributed by atoms with Gasteiger partial charge in [-0.25, -0.2) is 0 Å².